The molecule has 0 aromatic heterocycles. The lowest BCUT2D eigenvalue weighted by Crippen LogP contribution is -2.33. The summed E-state index contributed by atoms with van der Waals surface area (Å²) in [6, 6.07) is 14.7. The Morgan fingerprint density at radius 2 is 1.74 bits per heavy atom. The van der Waals surface area contributed by atoms with Gasteiger partial charge in [0.2, 0.25) is 0 Å². The number of hydrogen-bond donors (Lipinski definition) is 1. The van der Waals surface area contributed by atoms with Crippen LogP contribution in [-0.4, -0.2) is 36.4 Å². The highest BCUT2D eigenvalue weighted by Gasteiger charge is 2.20. The number of aryl methyl sites for hydroxylation is 1. The monoisotopic (exact) mass is 366 g/mol. The summed E-state index contributed by atoms with van der Waals surface area (Å²) in [5, 5.41) is 2.82. The molecule has 1 fully saturated rings. The first-order valence-corrected chi connectivity index (χ1v) is 9.51. The third-order valence-corrected chi connectivity index (χ3v) is 4.68. The van der Waals surface area contributed by atoms with Gasteiger partial charge in [0.15, 0.2) is 6.61 Å². The fourth-order valence-electron chi connectivity index (χ4n) is 3.26. The quantitative estimate of drug-likeness (QED) is 0.869. The third-order valence-electron chi connectivity index (χ3n) is 4.68. The summed E-state index contributed by atoms with van der Waals surface area (Å²) >= 11 is 0. The Kier molecular flexibility index (Phi) is 6.47. The predicted octanol–water partition coefficient (Wildman–Crippen LogP) is 4.03. The summed E-state index contributed by atoms with van der Waals surface area (Å²) < 4.78 is 5.55. The highest BCUT2D eigenvalue weighted by atomic mass is 16.5. The number of ether oxygens (including phenoxy) is 1. The van der Waals surface area contributed by atoms with Crippen LogP contribution in [0, 0.1) is 6.92 Å². The van der Waals surface area contributed by atoms with Crippen molar-refractivity contribution in [1.82, 2.24) is 4.90 Å². The van der Waals surface area contributed by atoms with E-state index in [4.69, 9.17) is 4.74 Å². The number of nitrogens with one attached hydrogen (secondary N) is 1. The maximum Gasteiger partial charge on any atom is 0.262 e. The Hall–Kier alpha value is -2.82. The molecule has 3 rings (SSSR count). The summed E-state index contributed by atoms with van der Waals surface area (Å²) in [4.78, 5) is 27.1. The summed E-state index contributed by atoms with van der Waals surface area (Å²) in [6.07, 6.45) is 4.39. The molecule has 0 aliphatic carbocycles. The molecule has 1 aliphatic rings. The van der Waals surface area contributed by atoms with Crippen LogP contribution >= 0.6 is 0 Å². The largest absolute Gasteiger partial charge is 0.484 e. The van der Waals surface area contributed by atoms with Crippen LogP contribution < -0.4 is 10.1 Å². The summed E-state index contributed by atoms with van der Waals surface area (Å²) in [7, 11) is 0. The van der Waals surface area contributed by atoms with E-state index in [9.17, 15) is 9.59 Å². The molecule has 0 bridgehead atoms. The van der Waals surface area contributed by atoms with Gasteiger partial charge in [0.25, 0.3) is 11.8 Å². The number of likely N-dealkylation sites (tertiary alicyclic amines) is 1. The van der Waals surface area contributed by atoms with E-state index in [1.165, 1.54) is 12.8 Å². The SMILES string of the molecule is Cc1cccc(OCC(=O)Nc2ccccc2C(=O)N2CCCCCC2)c1. The van der Waals surface area contributed by atoms with Crippen molar-refractivity contribution in [3.63, 3.8) is 0 Å². The lowest BCUT2D eigenvalue weighted by Gasteiger charge is -2.22. The molecule has 1 N–H and O–H groups in total. The molecule has 2 aromatic rings. The minimum atomic E-state index is -0.285. The fraction of sp³-hybridized carbons (Fsp3) is 0.364. The first-order chi connectivity index (χ1) is 13.1. The molecule has 27 heavy (non-hydrogen) atoms. The average molecular weight is 366 g/mol. The molecule has 5 nitrogen and oxygen atoms in total. The van der Waals surface area contributed by atoms with E-state index >= 15 is 0 Å². The van der Waals surface area contributed by atoms with Crippen LogP contribution in [0.4, 0.5) is 5.69 Å². The molecule has 2 amide bonds. The van der Waals surface area contributed by atoms with Gasteiger partial charge in [0.1, 0.15) is 5.75 Å². The normalized spacial score (nSPS) is 14.3. The highest BCUT2D eigenvalue weighted by Crippen LogP contribution is 2.20. The molecule has 0 unspecified atom stereocenters. The van der Waals surface area contributed by atoms with E-state index in [1.807, 2.05) is 48.2 Å². The standard InChI is InChI=1S/C22H26N2O3/c1-17-9-8-10-18(15-17)27-16-21(25)23-20-12-5-4-11-19(20)22(26)24-13-6-2-3-7-14-24/h4-5,8-12,15H,2-3,6-7,13-14,16H2,1H3,(H,23,25). The molecule has 142 valence electrons. The van der Waals surface area contributed by atoms with E-state index in [1.54, 1.807) is 12.1 Å². The molecule has 1 heterocycles. The van der Waals surface area contributed by atoms with Gasteiger partial charge in [-0.25, -0.2) is 0 Å². The molecule has 0 saturated carbocycles. The zero-order chi connectivity index (χ0) is 19.1. The second kappa shape index (κ2) is 9.21. The number of benzene rings is 2. The van der Waals surface area contributed by atoms with Crippen molar-refractivity contribution < 1.29 is 14.3 Å². The van der Waals surface area contributed by atoms with Crippen molar-refractivity contribution in [1.29, 1.82) is 0 Å². The first kappa shape index (κ1) is 19.0. The Labute approximate surface area is 160 Å². The minimum absolute atomic E-state index is 0.0209. The molecule has 0 atom stereocenters. The molecule has 0 radical (unpaired) electrons. The predicted molar refractivity (Wildman–Crippen MR) is 106 cm³/mol. The lowest BCUT2D eigenvalue weighted by molar-refractivity contribution is -0.118. The van der Waals surface area contributed by atoms with Gasteiger partial charge in [-0.1, -0.05) is 37.1 Å². The summed E-state index contributed by atoms with van der Waals surface area (Å²) in [5.74, 6) is 0.346. The van der Waals surface area contributed by atoms with Gasteiger partial charge in [0.05, 0.1) is 11.3 Å². The number of carbonyl (C=O) groups excluding carboxylic acids is 2. The number of amides is 2. The second-order valence-electron chi connectivity index (χ2n) is 6.91. The number of rotatable bonds is 5. The first-order valence-electron chi connectivity index (χ1n) is 9.51. The van der Waals surface area contributed by atoms with Gasteiger partial charge in [-0.05, 0) is 49.6 Å². The van der Waals surface area contributed by atoms with E-state index in [2.05, 4.69) is 5.32 Å². The molecule has 1 saturated heterocycles. The molecular weight excluding hydrogens is 340 g/mol. The minimum Gasteiger partial charge on any atom is -0.484 e. The average Bonchev–Trinajstić information content (AvgIpc) is 2.96. The number of hydrogen-bond acceptors (Lipinski definition) is 3. The molecule has 5 heteroatoms. The second-order valence-corrected chi connectivity index (χ2v) is 6.91. The Bertz CT molecular complexity index is 796. The molecule has 2 aromatic carbocycles. The van der Waals surface area contributed by atoms with Crippen LogP contribution in [0.5, 0.6) is 5.75 Å². The van der Waals surface area contributed by atoms with Crippen molar-refractivity contribution in [2.75, 3.05) is 25.0 Å². The number of carbonyl (C=O) groups is 2. The molecule has 0 spiro atoms. The zero-order valence-corrected chi connectivity index (χ0v) is 15.7. The van der Waals surface area contributed by atoms with Crippen LogP contribution in [0.1, 0.15) is 41.6 Å². The maximum atomic E-state index is 12.9. The van der Waals surface area contributed by atoms with Gasteiger partial charge < -0.3 is 15.0 Å². The van der Waals surface area contributed by atoms with Gasteiger partial charge in [0, 0.05) is 13.1 Å². The van der Waals surface area contributed by atoms with Crippen molar-refractivity contribution in [3.8, 4) is 5.75 Å². The summed E-state index contributed by atoms with van der Waals surface area (Å²) in [6.45, 7) is 3.42. The van der Waals surface area contributed by atoms with Crippen LogP contribution in [0.2, 0.25) is 0 Å². The van der Waals surface area contributed by atoms with Gasteiger partial charge in [-0.2, -0.15) is 0 Å². The number of para-hydroxylation sites is 1. The van der Waals surface area contributed by atoms with Crippen LogP contribution in [0.3, 0.4) is 0 Å². The van der Waals surface area contributed by atoms with E-state index in [0.29, 0.717) is 17.0 Å². The zero-order valence-electron chi connectivity index (χ0n) is 15.7. The van der Waals surface area contributed by atoms with Crippen LogP contribution in [0.25, 0.3) is 0 Å². The van der Waals surface area contributed by atoms with Crippen molar-refractivity contribution >= 4 is 17.5 Å². The fourth-order valence-corrected chi connectivity index (χ4v) is 3.26. The van der Waals surface area contributed by atoms with Crippen LogP contribution in [0.15, 0.2) is 48.5 Å². The van der Waals surface area contributed by atoms with Crippen molar-refractivity contribution in [2.24, 2.45) is 0 Å². The summed E-state index contributed by atoms with van der Waals surface area (Å²) in [5.41, 5.74) is 2.13. The van der Waals surface area contributed by atoms with Crippen LogP contribution in [-0.2, 0) is 4.79 Å². The smallest absolute Gasteiger partial charge is 0.262 e. The molecule has 1 aliphatic heterocycles. The van der Waals surface area contributed by atoms with Gasteiger partial charge in [-0.15, -0.1) is 0 Å². The Morgan fingerprint density at radius 3 is 2.48 bits per heavy atom. The number of nitrogens with zero attached hydrogens (tertiary/aromatic N) is 1. The Balaban J connectivity index is 1.64. The van der Waals surface area contributed by atoms with Gasteiger partial charge >= 0.3 is 0 Å². The van der Waals surface area contributed by atoms with E-state index < -0.39 is 0 Å². The van der Waals surface area contributed by atoms with E-state index in [0.717, 1.165) is 31.5 Å². The third kappa shape index (κ3) is 5.33. The number of anilines is 1. The van der Waals surface area contributed by atoms with Crippen molar-refractivity contribution in [3.05, 3.63) is 59.7 Å². The van der Waals surface area contributed by atoms with Gasteiger partial charge in [-0.3, -0.25) is 9.59 Å². The maximum absolute atomic E-state index is 12.9. The van der Waals surface area contributed by atoms with Crippen molar-refractivity contribution in [2.45, 2.75) is 32.6 Å². The van der Waals surface area contributed by atoms with E-state index in [-0.39, 0.29) is 18.4 Å². The molecular formula is C22H26N2O3. The topological polar surface area (TPSA) is 58.6 Å². The Morgan fingerprint density at radius 1 is 1.00 bits per heavy atom. The highest BCUT2D eigenvalue weighted by molar-refractivity contribution is 6.04. The lowest BCUT2D eigenvalue weighted by atomic mass is 10.1.